The molecule has 0 N–H and O–H groups in total. The van der Waals surface area contributed by atoms with Gasteiger partial charge in [0, 0.05) is 10.1 Å². The van der Waals surface area contributed by atoms with Crippen molar-refractivity contribution in [3.63, 3.8) is 0 Å². The van der Waals surface area contributed by atoms with Crippen LogP contribution >= 0.6 is 27.7 Å². The van der Waals surface area contributed by atoms with Gasteiger partial charge >= 0.3 is 0 Å². The zero-order chi connectivity index (χ0) is 8.85. The molecule has 0 aliphatic rings. The third-order valence-corrected chi connectivity index (χ3v) is 4.16. The highest BCUT2D eigenvalue weighted by atomic mass is 79.9. The molecule has 11 heavy (non-hydrogen) atoms. The number of hydrogen-bond acceptors (Lipinski definition) is 1. The van der Waals surface area contributed by atoms with Gasteiger partial charge in [-0.1, -0.05) is 36.7 Å². The molecular formula is C9H19BrS. The molecule has 3 unspecified atom stereocenters. The van der Waals surface area contributed by atoms with Crippen molar-refractivity contribution in [3.8, 4) is 0 Å². The van der Waals surface area contributed by atoms with Crippen molar-refractivity contribution in [1.82, 2.24) is 0 Å². The van der Waals surface area contributed by atoms with Gasteiger partial charge in [0.1, 0.15) is 0 Å². The van der Waals surface area contributed by atoms with Gasteiger partial charge < -0.3 is 0 Å². The van der Waals surface area contributed by atoms with Crippen molar-refractivity contribution in [2.75, 3.05) is 6.26 Å². The van der Waals surface area contributed by atoms with Crippen LogP contribution in [0.1, 0.15) is 33.6 Å². The molecular weight excluding hydrogens is 220 g/mol. The van der Waals surface area contributed by atoms with Gasteiger partial charge in [-0.2, -0.15) is 11.8 Å². The van der Waals surface area contributed by atoms with Crippen molar-refractivity contribution in [3.05, 3.63) is 0 Å². The number of thioether (sulfide) groups is 1. The highest BCUT2D eigenvalue weighted by molar-refractivity contribution is 9.09. The Kier molecular flexibility index (Phi) is 6.84. The first-order valence-electron chi connectivity index (χ1n) is 4.24. The zero-order valence-electron chi connectivity index (χ0n) is 7.93. The van der Waals surface area contributed by atoms with Crippen LogP contribution in [0.3, 0.4) is 0 Å². The molecule has 0 rings (SSSR count). The average molecular weight is 239 g/mol. The van der Waals surface area contributed by atoms with Gasteiger partial charge in [0.05, 0.1) is 0 Å². The molecule has 0 aliphatic carbocycles. The van der Waals surface area contributed by atoms with Crippen LogP contribution in [-0.2, 0) is 0 Å². The smallest absolute Gasteiger partial charge is 0.0143 e. The summed E-state index contributed by atoms with van der Waals surface area (Å²) < 4.78 is 0. The molecule has 0 nitrogen and oxygen atoms in total. The molecule has 0 aliphatic heterocycles. The second kappa shape index (κ2) is 6.36. The summed E-state index contributed by atoms with van der Waals surface area (Å²) in [5, 5.41) is 0.823. The summed E-state index contributed by atoms with van der Waals surface area (Å²) in [5.41, 5.74) is 0. The molecule has 0 saturated carbocycles. The SMILES string of the molecule is CSC(C)CCC(C)C(C)Br. The van der Waals surface area contributed by atoms with Crippen LogP contribution in [-0.4, -0.2) is 16.3 Å². The number of hydrogen-bond donors (Lipinski definition) is 0. The Morgan fingerprint density at radius 1 is 1.18 bits per heavy atom. The molecule has 0 aromatic carbocycles. The van der Waals surface area contributed by atoms with E-state index in [4.69, 9.17) is 0 Å². The monoisotopic (exact) mass is 238 g/mol. The largest absolute Gasteiger partial charge is 0.162 e. The van der Waals surface area contributed by atoms with E-state index in [0.717, 1.165) is 11.2 Å². The van der Waals surface area contributed by atoms with E-state index in [1.807, 2.05) is 11.8 Å². The summed E-state index contributed by atoms with van der Waals surface area (Å²) in [6.45, 7) is 6.84. The summed E-state index contributed by atoms with van der Waals surface area (Å²) in [6, 6.07) is 0. The second-order valence-corrected chi connectivity index (χ2v) is 6.00. The normalized spacial score (nSPS) is 19.4. The number of alkyl halides is 1. The Labute approximate surface area is 83.6 Å². The van der Waals surface area contributed by atoms with E-state index in [2.05, 4.69) is 43.0 Å². The minimum Gasteiger partial charge on any atom is -0.162 e. The maximum atomic E-state index is 3.60. The van der Waals surface area contributed by atoms with E-state index in [1.165, 1.54) is 12.8 Å². The van der Waals surface area contributed by atoms with Crippen LogP contribution < -0.4 is 0 Å². The Morgan fingerprint density at radius 2 is 1.73 bits per heavy atom. The summed E-state index contributed by atoms with van der Waals surface area (Å²) >= 11 is 5.57. The lowest BCUT2D eigenvalue weighted by molar-refractivity contribution is 0.511. The Morgan fingerprint density at radius 3 is 2.09 bits per heavy atom. The van der Waals surface area contributed by atoms with Crippen molar-refractivity contribution in [1.29, 1.82) is 0 Å². The van der Waals surface area contributed by atoms with Crippen molar-refractivity contribution in [2.45, 2.75) is 43.7 Å². The van der Waals surface area contributed by atoms with Crippen LogP contribution in [0, 0.1) is 5.92 Å². The summed E-state index contributed by atoms with van der Waals surface area (Å²) in [6.07, 6.45) is 4.87. The van der Waals surface area contributed by atoms with E-state index in [1.54, 1.807) is 0 Å². The molecule has 0 fully saturated rings. The lowest BCUT2D eigenvalue weighted by atomic mass is 10.0. The van der Waals surface area contributed by atoms with Gasteiger partial charge in [-0.25, -0.2) is 0 Å². The Balaban J connectivity index is 3.37. The van der Waals surface area contributed by atoms with Gasteiger partial charge in [0.25, 0.3) is 0 Å². The average Bonchev–Trinajstić information content (AvgIpc) is 1.99. The molecule has 0 spiro atoms. The first kappa shape index (κ1) is 11.8. The molecule has 2 heteroatoms. The summed E-state index contributed by atoms with van der Waals surface area (Å²) in [7, 11) is 0. The van der Waals surface area contributed by atoms with Gasteiger partial charge in [-0.3, -0.25) is 0 Å². The molecule has 0 radical (unpaired) electrons. The fraction of sp³-hybridized carbons (Fsp3) is 1.00. The first-order valence-corrected chi connectivity index (χ1v) is 6.45. The fourth-order valence-corrected chi connectivity index (χ4v) is 1.48. The Hall–Kier alpha value is 0.830. The molecule has 0 saturated heterocycles. The quantitative estimate of drug-likeness (QED) is 0.655. The third kappa shape index (κ3) is 6.03. The minimum atomic E-state index is 0.663. The summed E-state index contributed by atoms with van der Waals surface area (Å²) in [4.78, 5) is 0.663. The minimum absolute atomic E-state index is 0.663. The van der Waals surface area contributed by atoms with E-state index in [9.17, 15) is 0 Å². The molecule has 0 amide bonds. The predicted molar refractivity (Wildman–Crippen MR) is 59.8 cm³/mol. The molecule has 68 valence electrons. The van der Waals surface area contributed by atoms with Crippen molar-refractivity contribution < 1.29 is 0 Å². The maximum Gasteiger partial charge on any atom is 0.0143 e. The Bertz CT molecular complexity index is 93.6. The standard InChI is InChI=1S/C9H19BrS/c1-7(9(3)10)5-6-8(2)11-4/h7-9H,5-6H2,1-4H3. The fourth-order valence-electron chi connectivity index (χ4n) is 0.845. The third-order valence-electron chi connectivity index (χ3n) is 2.22. The maximum absolute atomic E-state index is 3.60. The zero-order valence-corrected chi connectivity index (χ0v) is 10.3. The molecule has 0 aromatic rings. The van der Waals surface area contributed by atoms with Crippen molar-refractivity contribution in [2.24, 2.45) is 5.92 Å². The van der Waals surface area contributed by atoms with E-state index >= 15 is 0 Å². The van der Waals surface area contributed by atoms with Crippen LogP contribution in [0.2, 0.25) is 0 Å². The lowest BCUT2D eigenvalue weighted by Crippen LogP contribution is -2.08. The van der Waals surface area contributed by atoms with Gasteiger partial charge in [0.15, 0.2) is 0 Å². The number of rotatable bonds is 5. The topological polar surface area (TPSA) is 0 Å². The number of halogens is 1. The molecule has 0 bridgehead atoms. The highest BCUT2D eigenvalue weighted by Crippen LogP contribution is 2.21. The van der Waals surface area contributed by atoms with Crippen molar-refractivity contribution >= 4 is 27.7 Å². The van der Waals surface area contributed by atoms with E-state index in [0.29, 0.717) is 4.83 Å². The second-order valence-electron chi connectivity index (χ2n) is 3.28. The lowest BCUT2D eigenvalue weighted by Gasteiger charge is -2.15. The van der Waals surface area contributed by atoms with Crippen LogP contribution in [0.5, 0.6) is 0 Å². The van der Waals surface area contributed by atoms with Gasteiger partial charge in [0.2, 0.25) is 0 Å². The molecule has 3 atom stereocenters. The van der Waals surface area contributed by atoms with Gasteiger partial charge in [-0.15, -0.1) is 0 Å². The highest BCUT2D eigenvalue weighted by Gasteiger charge is 2.09. The predicted octanol–water partition coefficient (Wildman–Crippen LogP) is 3.94. The van der Waals surface area contributed by atoms with E-state index in [-0.39, 0.29) is 0 Å². The van der Waals surface area contributed by atoms with Crippen LogP contribution in [0.25, 0.3) is 0 Å². The summed E-state index contributed by atoms with van der Waals surface area (Å²) in [5.74, 6) is 0.810. The molecule has 0 aromatic heterocycles. The first-order chi connectivity index (χ1) is 5.07. The van der Waals surface area contributed by atoms with Crippen LogP contribution in [0.4, 0.5) is 0 Å². The van der Waals surface area contributed by atoms with E-state index < -0.39 is 0 Å². The van der Waals surface area contributed by atoms with Crippen LogP contribution in [0.15, 0.2) is 0 Å². The van der Waals surface area contributed by atoms with Gasteiger partial charge in [-0.05, 0) is 25.0 Å². The molecule has 0 heterocycles.